The molecule has 1 atom stereocenters. The van der Waals surface area contributed by atoms with E-state index in [2.05, 4.69) is 5.32 Å². The van der Waals surface area contributed by atoms with Gasteiger partial charge in [0.05, 0.1) is 18.5 Å². The number of benzene rings is 3. The van der Waals surface area contributed by atoms with E-state index in [0.717, 1.165) is 32.6 Å². The Morgan fingerprint density at radius 1 is 1.03 bits per heavy atom. The summed E-state index contributed by atoms with van der Waals surface area (Å²) in [4.78, 5) is 12.6. The maximum absolute atomic E-state index is 12.6. The monoisotopic (exact) mass is 426 g/mol. The van der Waals surface area contributed by atoms with Crippen LogP contribution in [0.2, 0.25) is 0 Å². The number of sulfonamides is 1. The van der Waals surface area contributed by atoms with Crippen LogP contribution in [0.15, 0.2) is 66.7 Å². The molecule has 0 aliphatic carbocycles. The fourth-order valence-corrected chi connectivity index (χ4v) is 4.48. The van der Waals surface area contributed by atoms with Crippen LogP contribution >= 0.6 is 0 Å². The summed E-state index contributed by atoms with van der Waals surface area (Å²) < 4.78 is 31.6. The standard InChI is InChI=1S/C23H26N2O4S/c1-17-11-13-20(14-12-17)25(30(3,27)28)18(2)23(26)24-15-16-29-22-10-6-8-19-7-4-5-9-21(19)22/h4-14,18H,15-16H2,1-3H3,(H,24,26)/t18-/m1/s1. The molecule has 1 amide bonds. The zero-order valence-electron chi connectivity index (χ0n) is 17.3. The fraction of sp³-hybridized carbons (Fsp3) is 0.261. The van der Waals surface area contributed by atoms with Crippen LogP contribution in [0, 0.1) is 6.92 Å². The Hall–Kier alpha value is -3.06. The Morgan fingerprint density at radius 3 is 2.40 bits per heavy atom. The molecule has 0 fully saturated rings. The summed E-state index contributed by atoms with van der Waals surface area (Å²) in [5.74, 6) is 0.357. The first-order chi connectivity index (χ1) is 14.3. The van der Waals surface area contributed by atoms with Crippen molar-refractivity contribution in [2.45, 2.75) is 19.9 Å². The zero-order valence-corrected chi connectivity index (χ0v) is 18.1. The van der Waals surface area contributed by atoms with Gasteiger partial charge in [0, 0.05) is 5.39 Å². The van der Waals surface area contributed by atoms with Gasteiger partial charge >= 0.3 is 0 Å². The molecule has 1 N–H and O–H groups in total. The minimum atomic E-state index is -3.63. The molecule has 0 aromatic heterocycles. The van der Waals surface area contributed by atoms with Crippen LogP contribution in [-0.2, 0) is 14.8 Å². The summed E-state index contributed by atoms with van der Waals surface area (Å²) in [6.45, 7) is 4.02. The van der Waals surface area contributed by atoms with E-state index in [1.54, 1.807) is 19.1 Å². The molecule has 0 aliphatic heterocycles. The van der Waals surface area contributed by atoms with Crippen molar-refractivity contribution >= 4 is 32.4 Å². The molecule has 0 spiro atoms. The van der Waals surface area contributed by atoms with Gasteiger partial charge in [0.2, 0.25) is 15.9 Å². The second-order valence-corrected chi connectivity index (χ2v) is 9.05. The van der Waals surface area contributed by atoms with Crippen LogP contribution < -0.4 is 14.4 Å². The molecular weight excluding hydrogens is 400 g/mol. The second kappa shape index (κ2) is 9.17. The van der Waals surface area contributed by atoms with Crippen molar-refractivity contribution in [3.8, 4) is 5.75 Å². The third kappa shape index (κ3) is 5.10. The number of nitrogens with one attached hydrogen (secondary N) is 1. The van der Waals surface area contributed by atoms with Gasteiger partial charge in [-0.3, -0.25) is 9.10 Å². The highest BCUT2D eigenvalue weighted by Gasteiger charge is 2.28. The average molecular weight is 427 g/mol. The van der Waals surface area contributed by atoms with Crippen LogP contribution in [0.1, 0.15) is 12.5 Å². The van der Waals surface area contributed by atoms with Gasteiger partial charge in [-0.25, -0.2) is 8.42 Å². The van der Waals surface area contributed by atoms with E-state index in [4.69, 9.17) is 4.74 Å². The first-order valence-corrected chi connectivity index (χ1v) is 11.6. The molecular formula is C23H26N2O4S. The number of aryl methyl sites for hydroxylation is 1. The lowest BCUT2D eigenvalue weighted by Crippen LogP contribution is -2.48. The van der Waals surface area contributed by atoms with Gasteiger partial charge in [-0.15, -0.1) is 0 Å². The van der Waals surface area contributed by atoms with E-state index in [9.17, 15) is 13.2 Å². The molecule has 0 unspecified atom stereocenters. The van der Waals surface area contributed by atoms with E-state index in [1.165, 1.54) is 0 Å². The maximum Gasteiger partial charge on any atom is 0.243 e. The first-order valence-electron chi connectivity index (χ1n) is 9.72. The van der Waals surface area contributed by atoms with E-state index >= 15 is 0 Å². The van der Waals surface area contributed by atoms with Crippen molar-refractivity contribution in [2.24, 2.45) is 0 Å². The summed E-state index contributed by atoms with van der Waals surface area (Å²) >= 11 is 0. The smallest absolute Gasteiger partial charge is 0.243 e. The van der Waals surface area contributed by atoms with Crippen molar-refractivity contribution in [3.63, 3.8) is 0 Å². The minimum Gasteiger partial charge on any atom is -0.491 e. The summed E-state index contributed by atoms with van der Waals surface area (Å²) in [5.41, 5.74) is 1.47. The van der Waals surface area contributed by atoms with Crippen LogP contribution in [0.3, 0.4) is 0 Å². The van der Waals surface area contributed by atoms with Crippen molar-refractivity contribution in [1.82, 2.24) is 5.32 Å². The van der Waals surface area contributed by atoms with Gasteiger partial charge in [-0.1, -0.05) is 54.1 Å². The number of carbonyl (C=O) groups excluding carboxylic acids is 1. The predicted octanol–water partition coefficient (Wildman–Crippen LogP) is 3.50. The van der Waals surface area contributed by atoms with Gasteiger partial charge < -0.3 is 10.1 Å². The van der Waals surface area contributed by atoms with Crippen molar-refractivity contribution < 1.29 is 17.9 Å². The molecule has 0 radical (unpaired) electrons. The van der Waals surface area contributed by atoms with Gasteiger partial charge in [0.25, 0.3) is 0 Å². The molecule has 3 rings (SSSR count). The SMILES string of the molecule is Cc1ccc(N([C@H](C)C(=O)NCCOc2cccc3ccccc23)S(C)(=O)=O)cc1. The number of hydrogen-bond acceptors (Lipinski definition) is 4. The normalized spacial score (nSPS) is 12.4. The zero-order chi connectivity index (χ0) is 21.7. The van der Waals surface area contributed by atoms with Crippen molar-refractivity contribution in [1.29, 1.82) is 0 Å². The number of hydrogen-bond donors (Lipinski definition) is 1. The highest BCUT2D eigenvalue weighted by atomic mass is 32.2. The minimum absolute atomic E-state index is 0.262. The van der Waals surface area contributed by atoms with Crippen LogP contribution in [0.25, 0.3) is 10.8 Å². The summed E-state index contributed by atoms with van der Waals surface area (Å²) in [6.07, 6.45) is 1.10. The maximum atomic E-state index is 12.6. The first kappa shape index (κ1) is 21.6. The van der Waals surface area contributed by atoms with Crippen molar-refractivity contribution in [2.75, 3.05) is 23.7 Å². The van der Waals surface area contributed by atoms with E-state index in [0.29, 0.717) is 5.69 Å². The summed E-state index contributed by atoms with van der Waals surface area (Å²) in [5, 5.41) is 4.84. The lowest BCUT2D eigenvalue weighted by atomic mass is 10.1. The van der Waals surface area contributed by atoms with Crippen molar-refractivity contribution in [3.05, 3.63) is 72.3 Å². The molecule has 7 heteroatoms. The Bertz CT molecular complexity index is 1120. The fourth-order valence-electron chi connectivity index (χ4n) is 3.30. The van der Waals surface area contributed by atoms with Gasteiger partial charge in [-0.05, 0) is 37.4 Å². The van der Waals surface area contributed by atoms with Crippen LogP contribution in [0.4, 0.5) is 5.69 Å². The number of rotatable bonds is 8. The quantitative estimate of drug-likeness (QED) is 0.560. The van der Waals surface area contributed by atoms with Crippen LogP contribution in [-0.4, -0.2) is 39.8 Å². The van der Waals surface area contributed by atoms with Crippen LogP contribution in [0.5, 0.6) is 5.75 Å². The van der Waals surface area contributed by atoms with E-state index < -0.39 is 16.1 Å². The Morgan fingerprint density at radius 2 is 1.70 bits per heavy atom. The molecule has 0 heterocycles. The number of ether oxygens (including phenoxy) is 1. The van der Waals surface area contributed by atoms with Gasteiger partial charge in [-0.2, -0.15) is 0 Å². The topological polar surface area (TPSA) is 75.7 Å². The van der Waals surface area contributed by atoms with E-state index in [-0.39, 0.29) is 19.1 Å². The molecule has 6 nitrogen and oxygen atoms in total. The number of fused-ring (bicyclic) bond motifs is 1. The molecule has 30 heavy (non-hydrogen) atoms. The number of carbonyl (C=O) groups is 1. The Kier molecular flexibility index (Phi) is 6.62. The van der Waals surface area contributed by atoms with Gasteiger partial charge in [0.15, 0.2) is 0 Å². The Balaban J connectivity index is 1.62. The highest BCUT2D eigenvalue weighted by Crippen LogP contribution is 2.25. The number of amides is 1. The third-order valence-corrected chi connectivity index (χ3v) is 6.03. The predicted molar refractivity (Wildman–Crippen MR) is 120 cm³/mol. The molecule has 0 aliphatic rings. The summed E-state index contributed by atoms with van der Waals surface area (Å²) in [6, 6.07) is 19.9. The molecule has 3 aromatic carbocycles. The molecule has 0 saturated heterocycles. The second-order valence-electron chi connectivity index (χ2n) is 7.19. The average Bonchev–Trinajstić information content (AvgIpc) is 2.71. The molecule has 158 valence electrons. The lowest BCUT2D eigenvalue weighted by Gasteiger charge is -2.28. The lowest BCUT2D eigenvalue weighted by molar-refractivity contribution is -0.121. The number of nitrogens with zero attached hydrogens (tertiary/aromatic N) is 1. The van der Waals surface area contributed by atoms with E-state index in [1.807, 2.05) is 61.5 Å². The summed E-state index contributed by atoms with van der Waals surface area (Å²) in [7, 11) is -3.63. The Labute approximate surface area is 177 Å². The highest BCUT2D eigenvalue weighted by molar-refractivity contribution is 7.92. The number of anilines is 1. The third-order valence-electron chi connectivity index (χ3n) is 4.79. The molecule has 0 saturated carbocycles. The largest absolute Gasteiger partial charge is 0.491 e. The molecule has 3 aromatic rings. The van der Waals surface area contributed by atoms with Gasteiger partial charge in [0.1, 0.15) is 18.4 Å². The molecule has 0 bridgehead atoms.